The van der Waals surface area contributed by atoms with E-state index in [4.69, 9.17) is 5.11 Å². The lowest BCUT2D eigenvalue weighted by Gasteiger charge is -2.16. The number of aromatic nitrogens is 1. The van der Waals surface area contributed by atoms with Crippen LogP contribution >= 0.6 is 15.9 Å². The molecule has 5 nitrogen and oxygen atoms in total. The number of nitrogens with zero attached hydrogens (tertiary/aromatic N) is 1. The van der Waals surface area contributed by atoms with Crippen molar-refractivity contribution in [3.05, 3.63) is 28.5 Å². The highest BCUT2D eigenvalue weighted by atomic mass is 79.9. The van der Waals surface area contributed by atoms with Gasteiger partial charge in [0.05, 0.1) is 5.56 Å². The molecule has 1 atom stereocenters. The smallest absolute Gasteiger partial charge is 0.326 e. The van der Waals surface area contributed by atoms with Crippen LogP contribution in [0.25, 0.3) is 0 Å². The molecule has 1 amide bonds. The second kappa shape index (κ2) is 6.49. The maximum atomic E-state index is 11.9. The maximum Gasteiger partial charge on any atom is 0.326 e. The van der Waals surface area contributed by atoms with Crippen molar-refractivity contribution >= 4 is 27.8 Å². The summed E-state index contributed by atoms with van der Waals surface area (Å²) in [5.41, 5.74) is 0.333. The van der Waals surface area contributed by atoms with E-state index in [-0.39, 0.29) is 5.92 Å². The van der Waals surface area contributed by atoms with Gasteiger partial charge in [-0.15, -0.1) is 0 Å². The third-order valence-electron chi connectivity index (χ3n) is 2.28. The van der Waals surface area contributed by atoms with E-state index in [9.17, 15) is 9.59 Å². The Morgan fingerprint density at radius 3 is 2.61 bits per heavy atom. The van der Waals surface area contributed by atoms with E-state index in [1.807, 2.05) is 13.8 Å². The van der Waals surface area contributed by atoms with Crippen LogP contribution in [-0.4, -0.2) is 28.0 Å². The lowest BCUT2D eigenvalue weighted by Crippen LogP contribution is -2.41. The number of rotatable bonds is 5. The molecule has 0 saturated heterocycles. The fourth-order valence-corrected chi connectivity index (χ4v) is 1.84. The van der Waals surface area contributed by atoms with Crippen LogP contribution in [0.3, 0.4) is 0 Å². The molecule has 0 radical (unpaired) electrons. The Morgan fingerprint density at radius 1 is 1.44 bits per heavy atom. The zero-order valence-corrected chi connectivity index (χ0v) is 11.8. The highest BCUT2D eigenvalue weighted by molar-refractivity contribution is 9.10. The molecule has 0 aromatic carbocycles. The summed E-state index contributed by atoms with van der Waals surface area (Å²) in [6, 6.07) is 0.716. The van der Waals surface area contributed by atoms with Gasteiger partial charge in [-0.05, 0) is 34.3 Å². The monoisotopic (exact) mass is 314 g/mol. The Morgan fingerprint density at radius 2 is 2.11 bits per heavy atom. The Labute approximate surface area is 114 Å². The summed E-state index contributed by atoms with van der Waals surface area (Å²) in [6.07, 6.45) is 3.34. The van der Waals surface area contributed by atoms with E-state index in [1.165, 1.54) is 6.20 Å². The van der Waals surface area contributed by atoms with Gasteiger partial charge in [0.15, 0.2) is 0 Å². The van der Waals surface area contributed by atoms with Crippen LogP contribution in [0.4, 0.5) is 0 Å². The van der Waals surface area contributed by atoms with Crippen LogP contribution in [0.2, 0.25) is 0 Å². The minimum absolute atomic E-state index is 0.187. The Hall–Kier alpha value is -1.43. The molecule has 98 valence electrons. The number of hydrogen-bond donors (Lipinski definition) is 2. The van der Waals surface area contributed by atoms with E-state index in [2.05, 4.69) is 26.2 Å². The van der Waals surface area contributed by atoms with Crippen LogP contribution in [0.1, 0.15) is 30.6 Å². The van der Waals surface area contributed by atoms with Gasteiger partial charge < -0.3 is 10.4 Å². The average Bonchev–Trinajstić information content (AvgIpc) is 2.27. The minimum atomic E-state index is -1.03. The molecule has 1 rings (SSSR count). The molecule has 1 heterocycles. The molecule has 0 spiro atoms. The number of hydrogen-bond acceptors (Lipinski definition) is 3. The number of aliphatic carboxylic acids is 1. The maximum absolute atomic E-state index is 11.9. The van der Waals surface area contributed by atoms with Gasteiger partial charge >= 0.3 is 5.97 Å². The van der Waals surface area contributed by atoms with E-state index in [0.717, 1.165) is 0 Å². The Kier molecular flexibility index (Phi) is 5.27. The van der Waals surface area contributed by atoms with Gasteiger partial charge in [-0.25, -0.2) is 4.79 Å². The lowest BCUT2D eigenvalue weighted by molar-refractivity contribution is -0.139. The Bertz CT molecular complexity index is 449. The van der Waals surface area contributed by atoms with Crippen molar-refractivity contribution in [2.24, 2.45) is 5.92 Å². The molecule has 1 aromatic rings. The van der Waals surface area contributed by atoms with Crippen molar-refractivity contribution in [1.82, 2.24) is 10.3 Å². The third-order valence-corrected chi connectivity index (χ3v) is 2.71. The normalized spacial score (nSPS) is 12.2. The standard InChI is InChI=1S/C12H15BrN2O3/c1-7(2)3-10(12(17)18)15-11(16)8-4-9(13)6-14-5-8/h4-7,10H,3H2,1-2H3,(H,15,16)(H,17,18)/t10-/m0/s1. The molecule has 0 fully saturated rings. The fraction of sp³-hybridized carbons (Fsp3) is 0.417. The summed E-state index contributed by atoms with van der Waals surface area (Å²) >= 11 is 3.21. The third kappa shape index (κ3) is 4.44. The molecular weight excluding hydrogens is 300 g/mol. The minimum Gasteiger partial charge on any atom is -0.480 e. The lowest BCUT2D eigenvalue weighted by atomic mass is 10.0. The highest BCUT2D eigenvalue weighted by Gasteiger charge is 2.21. The fourth-order valence-electron chi connectivity index (χ4n) is 1.47. The van der Waals surface area contributed by atoms with Crippen molar-refractivity contribution in [2.75, 3.05) is 0 Å². The molecule has 18 heavy (non-hydrogen) atoms. The van der Waals surface area contributed by atoms with E-state index < -0.39 is 17.9 Å². The number of nitrogens with one attached hydrogen (secondary N) is 1. The molecule has 1 aromatic heterocycles. The molecule has 0 aliphatic carbocycles. The van der Waals surface area contributed by atoms with Gasteiger partial charge in [0, 0.05) is 16.9 Å². The second-order valence-corrected chi connectivity index (χ2v) is 5.30. The summed E-state index contributed by atoms with van der Waals surface area (Å²) < 4.78 is 0.672. The summed E-state index contributed by atoms with van der Waals surface area (Å²) in [6.45, 7) is 3.81. The first-order valence-corrected chi connectivity index (χ1v) is 6.33. The molecule has 0 aliphatic heterocycles. The second-order valence-electron chi connectivity index (χ2n) is 4.39. The molecule has 0 aliphatic rings. The van der Waals surface area contributed by atoms with Crippen molar-refractivity contribution in [3.8, 4) is 0 Å². The van der Waals surface area contributed by atoms with Gasteiger partial charge in [0.2, 0.25) is 0 Å². The summed E-state index contributed by atoms with van der Waals surface area (Å²) in [5.74, 6) is -1.27. The molecule has 0 unspecified atom stereocenters. The SMILES string of the molecule is CC(C)C[C@H](NC(=O)c1cncc(Br)c1)C(=O)O. The number of carboxylic acids is 1. The van der Waals surface area contributed by atoms with Crippen LogP contribution in [-0.2, 0) is 4.79 Å². The predicted octanol–water partition coefficient (Wildman–Crippen LogP) is 2.07. The van der Waals surface area contributed by atoms with Crippen molar-refractivity contribution in [3.63, 3.8) is 0 Å². The predicted molar refractivity (Wildman–Crippen MR) is 70.3 cm³/mol. The van der Waals surface area contributed by atoms with Gasteiger partial charge in [-0.3, -0.25) is 9.78 Å². The number of amides is 1. The quantitative estimate of drug-likeness (QED) is 0.872. The van der Waals surface area contributed by atoms with Crippen LogP contribution < -0.4 is 5.32 Å². The largest absolute Gasteiger partial charge is 0.480 e. The van der Waals surface area contributed by atoms with E-state index in [0.29, 0.717) is 16.5 Å². The molecule has 2 N–H and O–H groups in total. The number of halogens is 1. The zero-order valence-electron chi connectivity index (χ0n) is 10.2. The molecule has 6 heteroatoms. The van der Waals surface area contributed by atoms with Crippen molar-refractivity contribution in [2.45, 2.75) is 26.3 Å². The van der Waals surface area contributed by atoms with Gasteiger partial charge in [-0.2, -0.15) is 0 Å². The zero-order chi connectivity index (χ0) is 13.7. The number of carbonyl (C=O) groups is 2. The van der Waals surface area contributed by atoms with Crippen LogP contribution in [0, 0.1) is 5.92 Å². The van der Waals surface area contributed by atoms with Gasteiger partial charge in [0.1, 0.15) is 6.04 Å². The van der Waals surface area contributed by atoms with Crippen LogP contribution in [0.15, 0.2) is 22.9 Å². The van der Waals surface area contributed by atoms with E-state index >= 15 is 0 Å². The topological polar surface area (TPSA) is 79.3 Å². The Balaban J connectivity index is 2.75. The molecule has 0 bridgehead atoms. The first kappa shape index (κ1) is 14.6. The van der Waals surface area contributed by atoms with Gasteiger partial charge in [-0.1, -0.05) is 13.8 Å². The van der Waals surface area contributed by atoms with Gasteiger partial charge in [0.25, 0.3) is 5.91 Å². The average molecular weight is 315 g/mol. The number of carbonyl (C=O) groups excluding carboxylic acids is 1. The highest BCUT2D eigenvalue weighted by Crippen LogP contribution is 2.11. The number of pyridine rings is 1. The van der Waals surface area contributed by atoms with Crippen LogP contribution in [0.5, 0.6) is 0 Å². The first-order valence-electron chi connectivity index (χ1n) is 5.54. The van der Waals surface area contributed by atoms with Crippen molar-refractivity contribution < 1.29 is 14.7 Å². The van der Waals surface area contributed by atoms with Crippen molar-refractivity contribution in [1.29, 1.82) is 0 Å². The first-order chi connectivity index (χ1) is 8.40. The molecule has 0 saturated carbocycles. The summed E-state index contributed by atoms with van der Waals surface area (Å²) in [5, 5.41) is 11.5. The molecular formula is C12H15BrN2O3. The summed E-state index contributed by atoms with van der Waals surface area (Å²) in [7, 11) is 0. The van der Waals surface area contributed by atoms with E-state index in [1.54, 1.807) is 12.3 Å². The number of carboxylic acid groups (broad SMARTS) is 1. The summed E-state index contributed by atoms with van der Waals surface area (Å²) in [4.78, 5) is 26.8.